The lowest BCUT2D eigenvalue weighted by molar-refractivity contribution is 0.0628. The average molecular weight is 194 g/mol. The van der Waals surface area contributed by atoms with Gasteiger partial charge in [0.1, 0.15) is 0 Å². The summed E-state index contributed by atoms with van der Waals surface area (Å²) in [6.07, 6.45) is 1.72. The first-order chi connectivity index (χ1) is 5.66. The number of urea groups is 1. The van der Waals surface area contributed by atoms with Crippen LogP contribution in [0.2, 0.25) is 0 Å². The van der Waals surface area contributed by atoms with Gasteiger partial charge in [-0.05, 0) is 6.42 Å². The lowest BCUT2D eigenvalue weighted by Gasteiger charge is -1.98. The molecular weight excluding hydrogens is 184 g/mol. The maximum atomic E-state index is 10.4. The van der Waals surface area contributed by atoms with Gasteiger partial charge in [0.25, 0.3) is 0 Å². The van der Waals surface area contributed by atoms with Crippen molar-refractivity contribution in [2.24, 2.45) is 4.36 Å². The second-order valence-electron chi connectivity index (χ2n) is 1.92. The number of nitrogens with zero attached hydrogens (tertiary/aromatic N) is 1. The number of hydrogen-bond acceptors (Lipinski definition) is 4. The van der Waals surface area contributed by atoms with Crippen molar-refractivity contribution in [1.29, 1.82) is 0 Å². The molecule has 7 heteroatoms. The molecule has 1 N–H and O–H groups in total. The highest BCUT2D eigenvalue weighted by molar-refractivity contribution is 7.62. The van der Waals surface area contributed by atoms with Gasteiger partial charge in [0.15, 0.2) is 0 Å². The third-order valence-corrected chi connectivity index (χ3v) is 1.23. The van der Waals surface area contributed by atoms with Crippen molar-refractivity contribution in [2.45, 2.75) is 19.8 Å². The summed E-state index contributed by atoms with van der Waals surface area (Å²) in [7, 11) is -2.72. The van der Waals surface area contributed by atoms with Crippen molar-refractivity contribution in [1.82, 2.24) is 5.48 Å². The zero-order valence-electron chi connectivity index (χ0n) is 6.61. The predicted octanol–water partition coefficient (Wildman–Crippen LogP) is 0.490. The number of hydrogen-bond donors (Lipinski definition) is 1. The summed E-state index contributed by atoms with van der Waals surface area (Å²) < 4.78 is 22.2. The van der Waals surface area contributed by atoms with E-state index in [4.69, 9.17) is 0 Å². The summed E-state index contributed by atoms with van der Waals surface area (Å²) in [5.74, 6) is 0. The lowest BCUT2D eigenvalue weighted by atomic mass is 10.4. The third kappa shape index (κ3) is 7.16. The van der Waals surface area contributed by atoms with Crippen LogP contribution in [0, 0.1) is 0 Å². The van der Waals surface area contributed by atoms with Crippen LogP contribution in [0.3, 0.4) is 0 Å². The van der Waals surface area contributed by atoms with Crippen molar-refractivity contribution in [2.75, 3.05) is 6.61 Å². The number of carbonyl (C=O) groups excluding carboxylic acids is 1. The molecule has 0 spiro atoms. The van der Waals surface area contributed by atoms with E-state index in [-0.39, 0.29) is 0 Å². The molecule has 0 aromatic heterocycles. The molecule has 0 aliphatic rings. The van der Waals surface area contributed by atoms with Gasteiger partial charge in [-0.15, -0.1) is 0 Å². The Bertz CT molecular complexity index is 251. The molecule has 0 atom stereocenters. The smallest absolute Gasteiger partial charge is 0.272 e. The normalized spacial score (nSPS) is 9.08. The molecular formula is C5H10N2O4S. The molecule has 0 aromatic rings. The summed E-state index contributed by atoms with van der Waals surface area (Å²) in [6.45, 7) is 2.31. The molecule has 0 unspecified atom stereocenters. The molecule has 6 nitrogen and oxygen atoms in total. The van der Waals surface area contributed by atoms with Gasteiger partial charge < -0.3 is 0 Å². The lowest BCUT2D eigenvalue weighted by Crippen LogP contribution is -2.20. The number of unbranched alkanes of at least 4 members (excludes halogenated alkanes) is 1. The van der Waals surface area contributed by atoms with Gasteiger partial charge in [0.05, 0.1) is 6.61 Å². The molecule has 0 aromatic carbocycles. The van der Waals surface area contributed by atoms with Crippen LogP contribution in [0.1, 0.15) is 19.8 Å². The molecule has 2 amide bonds. The standard InChI is InChI=1S/C5H10N2O4S/c1-2-3-4-11-6-5(8)7-12(9)10/h2-4H2,1H3,(H,6,8). The summed E-state index contributed by atoms with van der Waals surface area (Å²) in [4.78, 5) is 15.0. The molecule has 0 radical (unpaired) electrons. The molecule has 70 valence electrons. The predicted molar refractivity (Wildman–Crippen MR) is 40.7 cm³/mol. The highest BCUT2D eigenvalue weighted by Gasteiger charge is 1.95. The van der Waals surface area contributed by atoms with Crippen LogP contribution in [0.15, 0.2) is 4.36 Å². The first-order valence-electron chi connectivity index (χ1n) is 3.39. The summed E-state index contributed by atoms with van der Waals surface area (Å²) in [6, 6.07) is -1.01. The highest BCUT2D eigenvalue weighted by atomic mass is 32.2. The summed E-state index contributed by atoms with van der Waals surface area (Å²) >= 11 is 0. The summed E-state index contributed by atoms with van der Waals surface area (Å²) in [5, 5.41) is 0. The van der Waals surface area contributed by atoms with E-state index in [1.807, 2.05) is 12.4 Å². The highest BCUT2D eigenvalue weighted by Crippen LogP contribution is 1.85. The van der Waals surface area contributed by atoms with Crippen LogP contribution in [0.4, 0.5) is 4.79 Å². The Labute approximate surface area is 71.6 Å². The van der Waals surface area contributed by atoms with E-state index < -0.39 is 16.5 Å². The minimum atomic E-state index is -2.72. The van der Waals surface area contributed by atoms with Gasteiger partial charge in [0.2, 0.25) is 0 Å². The first-order valence-corrected chi connectivity index (χ1v) is 4.43. The van der Waals surface area contributed by atoms with Gasteiger partial charge in [-0.3, -0.25) is 4.84 Å². The molecule has 0 aliphatic carbocycles. The van der Waals surface area contributed by atoms with Gasteiger partial charge in [-0.25, -0.2) is 10.3 Å². The van der Waals surface area contributed by atoms with Gasteiger partial charge >= 0.3 is 16.5 Å². The van der Waals surface area contributed by atoms with Crippen LogP contribution in [0.25, 0.3) is 0 Å². The van der Waals surface area contributed by atoms with Crippen LogP contribution in [0.5, 0.6) is 0 Å². The molecule has 0 saturated carbocycles. The number of nitrogens with one attached hydrogen (secondary N) is 1. The molecule has 0 aliphatic heterocycles. The Balaban J connectivity index is 3.52. The topological polar surface area (TPSA) is 84.8 Å². The van der Waals surface area contributed by atoms with Crippen molar-refractivity contribution in [3.05, 3.63) is 0 Å². The van der Waals surface area contributed by atoms with Crippen molar-refractivity contribution >= 4 is 16.5 Å². The fourth-order valence-corrected chi connectivity index (χ4v) is 0.588. The largest absolute Gasteiger partial charge is 0.379 e. The first kappa shape index (κ1) is 11.1. The zero-order valence-corrected chi connectivity index (χ0v) is 7.43. The van der Waals surface area contributed by atoms with Crippen LogP contribution in [-0.2, 0) is 15.3 Å². The molecule has 0 fully saturated rings. The third-order valence-electron chi connectivity index (χ3n) is 0.917. The number of amides is 2. The van der Waals surface area contributed by atoms with Gasteiger partial charge in [-0.2, -0.15) is 8.42 Å². The van der Waals surface area contributed by atoms with Gasteiger partial charge in [0, 0.05) is 0 Å². The van der Waals surface area contributed by atoms with E-state index in [1.54, 1.807) is 0 Å². The maximum absolute atomic E-state index is 10.4. The minimum absolute atomic E-state index is 0.350. The number of carbonyl (C=O) groups is 1. The molecule has 0 rings (SSSR count). The molecule has 0 saturated heterocycles. The van der Waals surface area contributed by atoms with E-state index in [9.17, 15) is 13.2 Å². The Morgan fingerprint density at radius 3 is 2.75 bits per heavy atom. The minimum Gasteiger partial charge on any atom is -0.272 e. The fourth-order valence-electron chi connectivity index (χ4n) is 0.416. The Morgan fingerprint density at radius 2 is 2.25 bits per heavy atom. The van der Waals surface area contributed by atoms with E-state index >= 15 is 0 Å². The quantitative estimate of drug-likeness (QED) is 0.521. The van der Waals surface area contributed by atoms with Crippen molar-refractivity contribution in [3.63, 3.8) is 0 Å². The Hall–Kier alpha value is -0.950. The Morgan fingerprint density at radius 1 is 1.58 bits per heavy atom. The monoisotopic (exact) mass is 194 g/mol. The second kappa shape index (κ2) is 6.74. The maximum Gasteiger partial charge on any atom is 0.379 e. The van der Waals surface area contributed by atoms with E-state index in [1.165, 1.54) is 0 Å². The summed E-state index contributed by atoms with van der Waals surface area (Å²) in [5.41, 5.74) is 1.85. The molecule has 0 heterocycles. The SMILES string of the molecule is CCCCONC(=O)N=S(=O)=O. The van der Waals surface area contributed by atoms with E-state index in [0.717, 1.165) is 12.8 Å². The van der Waals surface area contributed by atoms with Crippen LogP contribution < -0.4 is 5.48 Å². The van der Waals surface area contributed by atoms with Crippen molar-refractivity contribution in [3.8, 4) is 0 Å². The zero-order chi connectivity index (χ0) is 9.40. The van der Waals surface area contributed by atoms with E-state index in [2.05, 4.69) is 9.20 Å². The molecule has 0 bridgehead atoms. The van der Waals surface area contributed by atoms with E-state index in [0.29, 0.717) is 6.61 Å². The number of rotatable bonds is 4. The second-order valence-corrected chi connectivity index (χ2v) is 2.53. The van der Waals surface area contributed by atoms with Crippen molar-refractivity contribution < 1.29 is 18.0 Å². The number of hydroxylamine groups is 1. The van der Waals surface area contributed by atoms with Crippen LogP contribution in [-0.4, -0.2) is 21.1 Å². The average Bonchev–Trinajstić information content (AvgIpc) is 1.97. The van der Waals surface area contributed by atoms with Gasteiger partial charge in [-0.1, -0.05) is 17.7 Å². The van der Waals surface area contributed by atoms with Crippen LogP contribution >= 0.6 is 0 Å². The molecule has 12 heavy (non-hydrogen) atoms. The fraction of sp³-hybridized carbons (Fsp3) is 0.800. The Kier molecular flexibility index (Phi) is 6.21.